The molecule has 0 bridgehead atoms. The van der Waals surface area contributed by atoms with Gasteiger partial charge in [0.15, 0.2) is 9.84 Å². The second-order valence-corrected chi connectivity index (χ2v) is 9.35. The Balaban J connectivity index is 1.70. The predicted octanol–water partition coefficient (Wildman–Crippen LogP) is 4.13. The molecule has 3 rings (SSSR count). The van der Waals surface area contributed by atoms with Crippen molar-refractivity contribution in [1.29, 1.82) is 0 Å². The number of rotatable bonds is 6. The molecule has 1 aromatic heterocycles. The number of aryl methyl sites for hydroxylation is 4. The maximum Gasteiger partial charge on any atom is 0.239 e. The monoisotopic (exact) mass is 412 g/mol. The first kappa shape index (κ1) is 20.8. The lowest BCUT2D eigenvalue weighted by Crippen LogP contribution is -2.24. The minimum atomic E-state index is -3.71. The van der Waals surface area contributed by atoms with Crippen LogP contribution in [0.5, 0.6) is 0 Å². The summed E-state index contributed by atoms with van der Waals surface area (Å²) in [6.07, 6.45) is 0. The Kier molecular flexibility index (Phi) is 5.88. The van der Waals surface area contributed by atoms with E-state index >= 15 is 0 Å². The SMILES string of the molecule is Cc1ccc(-c2nc(CS(=O)(=O)CC(=O)Nc3ccc(C)cc3C)c(C)o2)cc1. The van der Waals surface area contributed by atoms with Crippen LogP contribution in [0.1, 0.15) is 28.1 Å². The Morgan fingerprint density at radius 3 is 2.31 bits per heavy atom. The van der Waals surface area contributed by atoms with Crippen molar-refractivity contribution in [3.63, 3.8) is 0 Å². The van der Waals surface area contributed by atoms with Gasteiger partial charge in [-0.3, -0.25) is 4.79 Å². The van der Waals surface area contributed by atoms with Gasteiger partial charge < -0.3 is 9.73 Å². The first-order valence-corrected chi connectivity index (χ1v) is 11.1. The van der Waals surface area contributed by atoms with Crippen LogP contribution >= 0.6 is 0 Å². The number of nitrogens with zero attached hydrogens (tertiary/aromatic N) is 1. The highest BCUT2D eigenvalue weighted by Crippen LogP contribution is 2.23. The average Bonchev–Trinajstić information content (AvgIpc) is 2.97. The molecule has 29 heavy (non-hydrogen) atoms. The molecule has 0 radical (unpaired) electrons. The molecule has 0 spiro atoms. The summed E-state index contributed by atoms with van der Waals surface area (Å²) in [7, 11) is -3.71. The van der Waals surface area contributed by atoms with Crippen LogP contribution in [0.4, 0.5) is 5.69 Å². The van der Waals surface area contributed by atoms with Gasteiger partial charge in [0, 0.05) is 11.3 Å². The highest BCUT2D eigenvalue weighted by atomic mass is 32.2. The van der Waals surface area contributed by atoms with E-state index in [1.165, 1.54) is 0 Å². The Bertz CT molecular complexity index is 1150. The number of carbonyl (C=O) groups excluding carboxylic acids is 1. The lowest BCUT2D eigenvalue weighted by Gasteiger charge is -2.09. The van der Waals surface area contributed by atoms with Crippen LogP contribution < -0.4 is 5.32 Å². The molecule has 1 heterocycles. The number of amides is 1. The van der Waals surface area contributed by atoms with Gasteiger partial charge in [-0.2, -0.15) is 0 Å². The van der Waals surface area contributed by atoms with Crippen molar-refractivity contribution < 1.29 is 17.6 Å². The fourth-order valence-electron chi connectivity index (χ4n) is 2.98. The zero-order valence-corrected chi connectivity index (χ0v) is 17.8. The van der Waals surface area contributed by atoms with E-state index in [-0.39, 0.29) is 5.75 Å². The molecule has 1 N–H and O–H groups in total. The van der Waals surface area contributed by atoms with E-state index in [0.29, 0.717) is 23.0 Å². The van der Waals surface area contributed by atoms with Crippen molar-refractivity contribution in [3.05, 3.63) is 70.6 Å². The smallest absolute Gasteiger partial charge is 0.239 e. The standard InChI is InChI=1S/C22H24N2O4S/c1-14-5-8-18(9-6-14)22-24-20(17(4)28-22)12-29(26,27)13-21(25)23-19-10-7-15(2)11-16(19)3/h5-11H,12-13H2,1-4H3,(H,23,25). The van der Waals surface area contributed by atoms with Gasteiger partial charge in [-0.1, -0.05) is 35.4 Å². The number of hydrogen-bond donors (Lipinski definition) is 1. The minimum absolute atomic E-state index is 0.319. The van der Waals surface area contributed by atoms with Crippen molar-refractivity contribution in [3.8, 4) is 11.5 Å². The molecule has 7 heteroatoms. The molecule has 2 aromatic carbocycles. The van der Waals surface area contributed by atoms with Crippen molar-refractivity contribution in [1.82, 2.24) is 4.98 Å². The van der Waals surface area contributed by atoms with Crippen molar-refractivity contribution >= 4 is 21.4 Å². The number of sulfone groups is 1. The highest BCUT2D eigenvalue weighted by Gasteiger charge is 2.22. The molecular weight excluding hydrogens is 388 g/mol. The Labute approximate surface area is 170 Å². The summed E-state index contributed by atoms with van der Waals surface area (Å²) in [5.74, 6) is -0.746. The third kappa shape index (κ3) is 5.32. The van der Waals surface area contributed by atoms with Crippen LogP contribution in [0.2, 0.25) is 0 Å². The van der Waals surface area contributed by atoms with E-state index in [1.807, 2.05) is 57.2 Å². The molecule has 0 fully saturated rings. The van der Waals surface area contributed by atoms with Crippen LogP contribution in [0.25, 0.3) is 11.5 Å². The van der Waals surface area contributed by atoms with E-state index < -0.39 is 21.5 Å². The second-order valence-electron chi connectivity index (χ2n) is 7.29. The number of carbonyl (C=O) groups is 1. The first-order valence-electron chi connectivity index (χ1n) is 9.24. The fourth-order valence-corrected chi connectivity index (χ4v) is 4.24. The Hall–Kier alpha value is -2.93. The van der Waals surface area contributed by atoms with Gasteiger partial charge in [0.05, 0.1) is 11.4 Å². The van der Waals surface area contributed by atoms with Crippen LogP contribution in [-0.4, -0.2) is 25.1 Å². The summed E-state index contributed by atoms with van der Waals surface area (Å²) in [4.78, 5) is 16.6. The molecule has 0 aliphatic rings. The second kappa shape index (κ2) is 8.21. The molecule has 0 aliphatic heterocycles. The molecule has 3 aromatic rings. The normalized spacial score (nSPS) is 11.4. The van der Waals surface area contributed by atoms with Gasteiger partial charge in [0.25, 0.3) is 0 Å². The number of hydrogen-bond acceptors (Lipinski definition) is 5. The summed E-state index contributed by atoms with van der Waals surface area (Å²) < 4.78 is 30.7. The quantitative estimate of drug-likeness (QED) is 0.658. The van der Waals surface area contributed by atoms with Crippen molar-refractivity contribution in [2.75, 3.05) is 11.1 Å². The van der Waals surface area contributed by atoms with Crippen molar-refractivity contribution in [2.24, 2.45) is 0 Å². The van der Waals surface area contributed by atoms with Gasteiger partial charge in [-0.05, 0) is 51.5 Å². The molecule has 0 unspecified atom stereocenters. The minimum Gasteiger partial charge on any atom is -0.441 e. The van der Waals surface area contributed by atoms with E-state index in [0.717, 1.165) is 22.3 Å². The van der Waals surface area contributed by atoms with Crippen molar-refractivity contribution in [2.45, 2.75) is 33.4 Å². The summed E-state index contributed by atoms with van der Waals surface area (Å²) in [6, 6.07) is 13.2. The van der Waals surface area contributed by atoms with Crippen LogP contribution in [0, 0.1) is 27.7 Å². The number of nitrogens with one attached hydrogen (secondary N) is 1. The molecule has 0 saturated carbocycles. The molecule has 0 saturated heterocycles. The van der Waals surface area contributed by atoms with Crippen LogP contribution in [0.3, 0.4) is 0 Å². The number of benzene rings is 2. The number of anilines is 1. The Morgan fingerprint density at radius 1 is 1.00 bits per heavy atom. The Morgan fingerprint density at radius 2 is 1.66 bits per heavy atom. The maximum atomic E-state index is 12.5. The molecular formula is C22H24N2O4S. The first-order chi connectivity index (χ1) is 13.6. The topological polar surface area (TPSA) is 89.3 Å². The van der Waals surface area contributed by atoms with E-state index in [9.17, 15) is 13.2 Å². The van der Waals surface area contributed by atoms with E-state index in [2.05, 4.69) is 10.3 Å². The van der Waals surface area contributed by atoms with Gasteiger partial charge in [-0.15, -0.1) is 0 Å². The number of oxazole rings is 1. The predicted molar refractivity (Wildman–Crippen MR) is 113 cm³/mol. The lowest BCUT2D eigenvalue weighted by atomic mass is 10.1. The zero-order valence-electron chi connectivity index (χ0n) is 16.9. The third-order valence-corrected chi connectivity index (χ3v) is 5.97. The van der Waals surface area contributed by atoms with Gasteiger partial charge in [-0.25, -0.2) is 13.4 Å². The largest absolute Gasteiger partial charge is 0.441 e. The van der Waals surface area contributed by atoms with Gasteiger partial charge in [0.1, 0.15) is 11.5 Å². The van der Waals surface area contributed by atoms with E-state index in [4.69, 9.17) is 4.42 Å². The van der Waals surface area contributed by atoms with Crippen LogP contribution in [0.15, 0.2) is 46.9 Å². The molecule has 0 aliphatic carbocycles. The molecule has 1 amide bonds. The average molecular weight is 413 g/mol. The molecule has 152 valence electrons. The van der Waals surface area contributed by atoms with E-state index in [1.54, 1.807) is 13.0 Å². The fraction of sp³-hybridized carbons (Fsp3) is 0.273. The van der Waals surface area contributed by atoms with Gasteiger partial charge in [0.2, 0.25) is 11.8 Å². The zero-order chi connectivity index (χ0) is 21.2. The third-order valence-electron chi connectivity index (χ3n) is 4.55. The highest BCUT2D eigenvalue weighted by molar-refractivity contribution is 7.91. The number of aromatic nitrogens is 1. The summed E-state index contributed by atoms with van der Waals surface area (Å²) in [6.45, 7) is 7.47. The van der Waals surface area contributed by atoms with Gasteiger partial charge >= 0.3 is 0 Å². The summed E-state index contributed by atoms with van der Waals surface area (Å²) >= 11 is 0. The maximum absolute atomic E-state index is 12.5. The molecule has 0 atom stereocenters. The summed E-state index contributed by atoms with van der Waals surface area (Å²) in [5.41, 5.74) is 4.75. The lowest BCUT2D eigenvalue weighted by molar-refractivity contribution is -0.113. The molecule has 6 nitrogen and oxygen atoms in total. The summed E-state index contributed by atoms with van der Waals surface area (Å²) in [5, 5.41) is 2.67. The van der Waals surface area contributed by atoms with Crippen LogP contribution in [-0.2, 0) is 20.4 Å².